The van der Waals surface area contributed by atoms with Gasteiger partial charge in [-0.2, -0.15) is 8.78 Å². The van der Waals surface area contributed by atoms with Crippen molar-refractivity contribution in [1.29, 1.82) is 0 Å². The van der Waals surface area contributed by atoms with Crippen LogP contribution in [0.2, 0.25) is 5.02 Å². The van der Waals surface area contributed by atoms with Gasteiger partial charge >= 0.3 is 6.61 Å². The first kappa shape index (κ1) is 16.2. The van der Waals surface area contributed by atoms with E-state index in [9.17, 15) is 13.6 Å². The largest absolute Gasteiger partial charge is 0.435 e. The Balaban J connectivity index is 1.82. The van der Waals surface area contributed by atoms with E-state index in [1.807, 2.05) is 0 Å². The summed E-state index contributed by atoms with van der Waals surface area (Å²) in [5.74, 6) is -0.0955. The normalized spacial score (nSPS) is 10.5. The molecular formula is C16H14ClF2NO2. The van der Waals surface area contributed by atoms with E-state index in [0.29, 0.717) is 23.6 Å². The first-order valence-corrected chi connectivity index (χ1v) is 7.00. The molecule has 0 bridgehead atoms. The average molecular weight is 326 g/mol. The van der Waals surface area contributed by atoms with E-state index in [1.165, 1.54) is 12.1 Å². The van der Waals surface area contributed by atoms with Crippen molar-refractivity contribution in [3.63, 3.8) is 0 Å². The maximum atomic E-state index is 12.0. The monoisotopic (exact) mass is 325 g/mol. The number of halogens is 3. The minimum Gasteiger partial charge on any atom is -0.435 e. The zero-order chi connectivity index (χ0) is 15.9. The van der Waals surface area contributed by atoms with E-state index in [1.54, 1.807) is 36.4 Å². The second-order valence-corrected chi connectivity index (χ2v) is 4.98. The van der Waals surface area contributed by atoms with E-state index < -0.39 is 6.61 Å². The molecule has 2 rings (SSSR count). The Morgan fingerprint density at radius 2 is 1.91 bits per heavy atom. The third-order valence-corrected chi connectivity index (χ3v) is 3.17. The Morgan fingerprint density at radius 3 is 2.55 bits per heavy atom. The number of alkyl halides is 2. The summed E-state index contributed by atoms with van der Waals surface area (Å²) in [6.07, 6.45) is 0.585. The topological polar surface area (TPSA) is 38.3 Å². The molecule has 0 saturated heterocycles. The molecule has 0 spiro atoms. The number of hydrogen-bond donors (Lipinski definition) is 1. The first-order chi connectivity index (χ1) is 10.5. The van der Waals surface area contributed by atoms with Crippen LogP contribution in [-0.2, 0) is 6.42 Å². The van der Waals surface area contributed by atoms with Crippen molar-refractivity contribution >= 4 is 17.5 Å². The van der Waals surface area contributed by atoms with Gasteiger partial charge in [0.1, 0.15) is 5.75 Å². The molecule has 0 aliphatic carbocycles. The number of hydrogen-bond acceptors (Lipinski definition) is 2. The fourth-order valence-electron chi connectivity index (χ4n) is 1.89. The van der Waals surface area contributed by atoms with Gasteiger partial charge in [0.05, 0.1) is 0 Å². The Hall–Kier alpha value is -2.14. The molecule has 0 aliphatic rings. The summed E-state index contributed by atoms with van der Waals surface area (Å²) >= 11 is 5.82. The van der Waals surface area contributed by atoms with Crippen molar-refractivity contribution in [2.24, 2.45) is 0 Å². The minimum absolute atomic E-state index is 0.113. The Labute approximate surface area is 131 Å². The van der Waals surface area contributed by atoms with Crippen LogP contribution in [0.4, 0.5) is 8.78 Å². The van der Waals surface area contributed by atoms with Gasteiger partial charge in [-0.05, 0) is 42.3 Å². The summed E-state index contributed by atoms with van der Waals surface area (Å²) in [5.41, 5.74) is 1.40. The highest BCUT2D eigenvalue weighted by Crippen LogP contribution is 2.15. The molecule has 3 nitrogen and oxygen atoms in total. The van der Waals surface area contributed by atoms with E-state index >= 15 is 0 Å². The lowest BCUT2D eigenvalue weighted by Crippen LogP contribution is -2.25. The van der Waals surface area contributed by atoms with Crippen molar-refractivity contribution in [3.05, 3.63) is 64.7 Å². The van der Waals surface area contributed by atoms with E-state index in [-0.39, 0.29) is 11.7 Å². The van der Waals surface area contributed by atoms with Crippen LogP contribution in [-0.4, -0.2) is 19.1 Å². The molecule has 0 atom stereocenters. The fraction of sp³-hybridized carbons (Fsp3) is 0.188. The third-order valence-electron chi connectivity index (χ3n) is 2.93. The molecule has 22 heavy (non-hydrogen) atoms. The first-order valence-electron chi connectivity index (χ1n) is 6.62. The Bertz CT molecular complexity index is 632. The summed E-state index contributed by atoms with van der Waals surface area (Å²) in [6.45, 7) is -2.40. The highest BCUT2D eigenvalue weighted by atomic mass is 35.5. The molecule has 116 valence electrons. The number of benzene rings is 2. The molecule has 0 unspecified atom stereocenters. The fourth-order valence-corrected chi connectivity index (χ4v) is 2.08. The number of nitrogens with one attached hydrogen (secondary N) is 1. The zero-order valence-electron chi connectivity index (χ0n) is 11.6. The van der Waals surface area contributed by atoms with E-state index in [2.05, 4.69) is 10.1 Å². The van der Waals surface area contributed by atoms with E-state index in [4.69, 9.17) is 11.6 Å². The lowest BCUT2D eigenvalue weighted by Gasteiger charge is -2.07. The van der Waals surface area contributed by atoms with Gasteiger partial charge in [0.15, 0.2) is 0 Å². The molecule has 0 saturated carbocycles. The molecule has 2 aromatic rings. The van der Waals surface area contributed by atoms with Crippen molar-refractivity contribution in [3.8, 4) is 5.75 Å². The number of carbonyl (C=O) groups is 1. The number of carbonyl (C=O) groups excluding carboxylic acids is 1. The molecule has 2 aromatic carbocycles. The molecule has 6 heteroatoms. The number of rotatable bonds is 6. The lowest BCUT2D eigenvalue weighted by atomic mass is 10.1. The van der Waals surface area contributed by atoms with Gasteiger partial charge in [0.2, 0.25) is 0 Å². The number of amides is 1. The lowest BCUT2D eigenvalue weighted by molar-refractivity contribution is -0.0498. The highest BCUT2D eigenvalue weighted by Gasteiger charge is 2.06. The summed E-state index contributed by atoms with van der Waals surface area (Å²) in [6, 6.07) is 13.0. The Morgan fingerprint density at radius 1 is 1.18 bits per heavy atom. The Kier molecular flexibility index (Phi) is 5.72. The SMILES string of the molecule is O=C(NCCc1ccc(OC(F)F)cc1)c1cccc(Cl)c1. The van der Waals surface area contributed by atoms with Crippen molar-refractivity contribution in [1.82, 2.24) is 5.32 Å². The van der Waals surface area contributed by atoms with Crippen LogP contribution in [0.5, 0.6) is 5.75 Å². The maximum Gasteiger partial charge on any atom is 0.387 e. The predicted octanol–water partition coefficient (Wildman–Crippen LogP) is 3.91. The molecule has 0 aliphatic heterocycles. The van der Waals surface area contributed by atoms with Crippen molar-refractivity contribution in [2.45, 2.75) is 13.0 Å². The standard InChI is InChI=1S/C16H14ClF2NO2/c17-13-3-1-2-12(10-13)15(21)20-9-8-11-4-6-14(7-5-11)22-16(18)19/h1-7,10,16H,8-9H2,(H,20,21). The van der Waals surface area contributed by atoms with Crippen LogP contribution in [0.25, 0.3) is 0 Å². The van der Waals surface area contributed by atoms with Gasteiger partial charge in [-0.15, -0.1) is 0 Å². The second kappa shape index (κ2) is 7.75. The van der Waals surface area contributed by atoms with Gasteiger partial charge in [-0.25, -0.2) is 0 Å². The summed E-state index contributed by atoms with van der Waals surface area (Å²) < 4.78 is 28.3. The molecule has 1 amide bonds. The molecule has 0 radical (unpaired) electrons. The van der Waals surface area contributed by atoms with Crippen LogP contribution in [0.15, 0.2) is 48.5 Å². The van der Waals surface area contributed by atoms with Crippen LogP contribution < -0.4 is 10.1 Å². The van der Waals surface area contributed by atoms with Crippen LogP contribution in [0.3, 0.4) is 0 Å². The second-order valence-electron chi connectivity index (χ2n) is 4.54. The van der Waals surface area contributed by atoms with Crippen LogP contribution in [0, 0.1) is 0 Å². The highest BCUT2D eigenvalue weighted by molar-refractivity contribution is 6.30. The van der Waals surface area contributed by atoms with Gasteiger partial charge in [0, 0.05) is 17.1 Å². The smallest absolute Gasteiger partial charge is 0.387 e. The van der Waals surface area contributed by atoms with Crippen molar-refractivity contribution < 1.29 is 18.3 Å². The molecular weight excluding hydrogens is 312 g/mol. The van der Waals surface area contributed by atoms with Crippen LogP contribution >= 0.6 is 11.6 Å². The van der Waals surface area contributed by atoms with E-state index in [0.717, 1.165) is 5.56 Å². The summed E-state index contributed by atoms with van der Waals surface area (Å²) in [7, 11) is 0. The predicted molar refractivity (Wildman–Crippen MR) is 80.6 cm³/mol. The average Bonchev–Trinajstić information content (AvgIpc) is 2.48. The summed E-state index contributed by atoms with van der Waals surface area (Å²) in [5, 5.41) is 3.27. The molecule has 0 heterocycles. The quantitative estimate of drug-likeness (QED) is 0.874. The minimum atomic E-state index is -2.83. The molecule has 0 aromatic heterocycles. The van der Waals surface area contributed by atoms with Crippen molar-refractivity contribution in [2.75, 3.05) is 6.54 Å². The molecule has 1 N–H and O–H groups in total. The summed E-state index contributed by atoms with van der Waals surface area (Å²) in [4.78, 5) is 11.9. The van der Waals surface area contributed by atoms with Crippen LogP contribution in [0.1, 0.15) is 15.9 Å². The zero-order valence-corrected chi connectivity index (χ0v) is 12.3. The van der Waals surface area contributed by atoms with Gasteiger partial charge in [-0.1, -0.05) is 29.8 Å². The van der Waals surface area contributed by atoms with Gasteiger partial charge in [-0.3, -0.25) is 4.79 Å². The van der Waals surface area contributed by atoms with Gasteiger partial charge in [0.25, 0.3) is 5.91 Å². The third kappa shape index (κ3) is 5.00. The number of ether oxygens (including phenoxy) is 1. The molecule has 0 fully saturated rings. The maximum absolute atomic E-state index is 12.0. The van der Waals surface area contributed by atoms with Gasteiger partial charge < -0.3 is 10.1 Å².